The lowest BCUT2D eigenvalue weighted by Gasteiger charge is -2.18. The molecule has 0 atom stereocenters. The van der Waals surface area contributed by atoms with Gasteiger partial charge in [-0.3, -0.25) is 9.36 Å². The molecule has 0 radical (unpaired) electrons. The highest BCUT2D eigenvalue weighted by Gasteiger charge is 2.24. The van der Waals surface area contributed by atoms with Crippen LogP contribution in [0.2, 0.25) is 0 Å². The van der Waals surface area contributed by atoms with E-state index in [2.05, 4.69) is 0 Å². The van der Waals surface area contributed by atoms with E-state index in [-0.39, 0.29) is 27.4 Å². The summed E-state index contributed by atoms with van der Waals surface area (Å²) < 4.78 is 6.48. The molecule has 0 fully saturated rings. The maximum absolute atomic E-state index is 13.3. The van der Waals surface area contributed by atoms with Crippen LogP contribution in [0.25, 0.3) is 10.6 Å². The quantitative estimate of drug-likeness (QED) is 0.811. The van der Waals surface area contributed by atoms with Gasteiger partial charge in [0, 0.05) is 4.91 Å². The van der Waals surface area contributed by atoms with Crippen LogP contribution in [0.15, 0.2) is 34.6 Å². The third-order valence-corrected chi connectivity index (χ3v) is 4.80. The molecule has 0 unspecified atom stereocenters. The fourth-order valence-electron chi connectivity index (χ4n) is 2.73. The number of aromatic nitrogens is 1. The van der Waals surface area contributed by atoms with Crippen molar-refractivity contribution in [2.45, 2.75) is 6.92 Å². The Bertz CT molecular complexity index is 1110. The summed E-state index contributed by atoms with van der Waals surface area (Å²) in [5.74, 6) is 0.352. The van der Waals surface area contributed by atoms with Gasteiger partial charge in [0.25, 0.3) is 5.56 Å². The monoisotopic (exact) mass is 377 g/mol. The number of nitrogen functional groups attached to an aromatic ring is 1. The van der Waals surface area contributed by atoms with Crippen molar-refractivity contribution in [2.24, 2.45) is 0 Å². The lowest BCUT2D eigenvalue weighted by atomic mass is 10.0. The highest BCUT2D eigenvalue weighted by Crippen LogP contribution is 2.33. The molecule has 0 aliphatic carbocycles. The summed E-state index contributed by atoms with van der Waals surface area (Å²) >= 11 is 1.09. The Balaban J connectivity index is 3.10. The first-order valence-corrected chi connectivity index (χ1v) is 8.86. The van der Waals surface area contributed by atoms with Gasteiger partial charge in [-0.25, -0.2) is 0 Å². The Labute approximate surface area is 160 Å². The Kier molecular flexibility index (Phi) is 5.92. The molecule has 0 saturated heterocycles. The van der Waals surface area contributed by atoms with Gasteiger partial charge >= 0.3 is 0 Å². The Morgan fingerprint density at radius 2 is 1.85 bits per heavy atom. The summed E-state index contributed by atoms with van der Waals surface area (Å²) in [5, 5.41) is 28.1. The molecule has 0 spiro atoms. The first-order chi connectivity index (χ1) is 13.0. The van der Waals surface area contributed by atoms with Crippen LogP contribution in [0.1, 0.15) is 16.7 Å². The second-order valence-electron chi connectivity index (χ2n) is 5.32. The van der Waals surface area contributed by atoms with E-state index in [1.165, 1.54) is 11.7 Å². The Hall–Kier alpha value is -3.67. The second-order valence-corrected chi connectivity index (χ2v) is 6.13. The SMILES string of the molecule is COc1ccccc1-n1c(N)c(C#N)c(C)c(C(SC)=C(C#N)C#N)c1=O. The van der Waals surface area contributed by atoms with E-state index in [1.807, 2.05) is 6.07 Å². The second kappa shape index (κ2) is 8.14. The minimum atomic E-state index is -0.541. The molecule has 0 saturated carbocycles. The number of benzene rings is 1. The van der Waals surface area contributed by atoms with E-state index in [4.69, 9.17) is 10.5 Å². The van der Waals surface area contributed by atoms with Gasteiger partial charge in [-0.2, -0.15) is 15.8 Å². The van der Waals surface area contributed by atoms with Crippen molar-refractivity contribution in [1.82, 2.24) is 4.57 Å². The summed E-state index contributed by atoms with van der Waals surface area (Å²) in [6, 6.07) is 12.3. The van der Waals surface area contributed by atoms with Crippen LogP contribution in [0, 0.1) is 40.9 Å². The zero-order valence-electron chi connectivity index (χ0n) is 14.9. The van der Waals surface area contributed by atoms with Crippen molar-refractivity contribution < 1.29 is 4.74 Å². The minimum Gasteiger partial charge on any atom is -0.495 e. The number of nitrogens with zero attached hydrogens (tertiary/aromatic N) is 4. The van der Waals surface area contributed by atoms with Crippen molar-refractivity contribution in [3.05, 3.63) is 56.9 Å². The van der Waals surface area contributed by atoms with Crippen molar-refractivity contribution in [3.63, 3.8) is 0 Å². The third kappa shape index (κ3) is 3.25. The van der Waals surface area contributed by atoms with E-state index >= 15 is 0 Å². The molecule has 2 rings (SSSR count). The van der Waals surface area contributed by atoms with Crippen molar-refractivity contribution in [2.75, 3.05) is 19.1 Å². The number of thioether (sulfide) groups is 1. The van der Waals surface area contributed by atoms with Crippen LogP contribution in [-0.4, -0.2) is 17.9 Å². The van der Waals surface area contributed by atoms with Crippen molar-refractivity contribution in [1.29, 1.82) is 15.8 Å². The molecule has 8 heteroatoms. The van der Waals surface area contributed by atoms with Crippen LogP contribution < -0.4 is 16.0 Å². The number of anilines is 1. The first kappa shape index (κ1) is 19.7. The molecule has 1 heterocycles. The predicted molar refractivity (Wildman–Crippen MR) is 104 cm³/mol. The molecule has 2 N–H and O–H groups in total. The number of methoxy groups -OCH3 is 1. The molecule has 7 nitrogen and oxygen atoms in total. The molecular formula is C19H15N5O2S. The molecule has 0 aliphatic rings. The van der Waals surface area contributed by atoms with E-state index in [1.54, 1.807) is 49.6 Å². The van der Waals surface area contributed by atoms with Crippen molar-refractivity contribution in [3.8, 4) is 29.6 Å². The van der Waals surface area contributed by atoms with Crippen LogP contribution in [0.4, 0.5) is 5.82 Å². The number of nitrogens with two attached hydrogens (primary N) is 1. The lowest BCUT2D eigenvalue weighted by molar-refractivity contribution is 0.412. The standard InChI is InChI=1S/C19H15N5O2S/c1-11-13(10-22)18(23)24(14-6-4-5-7-15(14)26-2)19(25)16(11)17(27-3)12(8-20)9-21/h4-7H,23H2,1-3H3. The molecule has 2 aromatic rings. The van der Waals surface area contributed by atoms with Gasteiger partial charge in [-0.1, -0.05) is 12.1 Å². The first-order valence-electron chi connectivity index (χ1n) is 7.64. The molecular weight excluding hydrogens is 362 g/mol. The summed E-state index contributed by atoms with van der Waals surface area (Å²) in [5.41, 5.74) is 6.25. The molecule has 1 aromatic carbocycles. The number of nitriles is 3. The number of hydrogen-bond acceptors (Lipinski definition) is 7. The number of rotatable bonds is 4. The molecule has 0 amide bonds. The smallest absolute Gasteiger partial charge is 0.265 e. The van der Waals surface area contributed by atoms with E-state index in [9.17, 15) is 20.6 Å². The van der Waals surface area contributed by atoms with Gasteiger partial charge in [0.1, 0.15) is 35.3 Å². The number of pyridine rings is 1. The normalized spacial score (nSPS) is 9.63. The van der Waals surface area contributed by atoms with Crippen molar-refractivity contribution >= 4 is 22.5 Å². The summed E-state index contributed by atoms with van der Waals surface area (Å²) in [4.78, 5) is 13.5. The number of allylic oxidation sites excluding steroid dienone is 1. The maximum Gasteiger partial charge on any atom is 0.265 e. The van der Waals surface area contributed by atoms with E-state index in [0.717, 1.165) is 11.8 Å². The Morgan fingerprint density at radius 3 is 2.37 bits per heavy atom. The van der Waals surface area contributed by atoms with Gasteiger partial charge in [0.2, 0.25) is 0 Å². The fourth-order valence-corrected chi connectivity index (χ4v) is 3.47. The molecule has 0 bridgehead atoms. The van der Waals surface area contributed by atoms with E-state index in [0.29, 0.717) is 17.0 Å². The van der Waals surface area contributed by atoms with Crippen LogP contribution in [0.5, 0.6) is 5.75 Å². The molecule has 134 valence electrons. The van der Waals surface area contributed by atoms with Gasteiger partial charge in [0.05, 0.1) is 23.9 Å². The summed E-state index contributed by atoms with van der Waals surface area (Å²) in [7, 11) is 1.46. The van der Waals surface area contributed by atoms with Gasteiger partial charge in [-0.05, 0) is 30.9 Å². The lowest BCUT2D eigenvalue weighted by Crippen LogP contribution is -2.27. The largest absolute Gasteiger partial charge is 0.495 e. The van der Waals surface area contributed by atoms with E-state index < -0.39 is 5.56 Å². The predicted octanol–water partition coefficient (Wildman–Crippen LogP) is 2.73. The molecule has 27 heavy (non-hydrogen) atoms. The zero-order valence-corrected chi connectivity index (χ0v) is 15.7. The molecule has 1 aromatic heterocycles. The fraction of sp³-hybridized carbons (Fsp3) is 0.158. The van der Waals surface area contributed by atoms with Gasteiger partial charge < -0.3 is 10.5 Å². The van der Waals surface area contributed by atoms with Gasteiger partial charge in [0.15, 0.2) is 0 Å². The zero-order chi connectivity index (χ0) is 20.1. The number of hydrogen-bond donors (Lipinski definition) is 1. The highest BCUT2D eigenvalue weighted by molar-refractivity contribution is 8.07. The Morgan fingerprint density at radius 1 is 1.22 bits per heavy atom. The topological polar surface area (TPSA) is 129 Å². The number of ether oxygens (including phenoxy) is 1. The minimum absolute atomic E-state index is 0.0378. The van der Waals surface area contributed by atoms with Crippen LogP contribution in [-0.2, 0) is 0 Å². The number of para-hydroxylation sites is 2. The average Bonchev–Trinajstić information content (AvgIpc) is 2.68. The summed E-state index contributed by atoms with van der Waals surface area (Å²) in [6.45, 7) is 1.57. The van der Waals surface area contributed by atoms with Crippen LogP contribution >= 0.6 is 11.8 Å². The van der Waals surface area contributed by atoms with Crippen LogP contribution in [0.3, 0.4) is 0 Å². The third-order valence-electron chi connectivity index (χ3n) is 3.98. The average molecular weight is 377 g/mol. The molecule has 0 aliphatic heterocycles. The summed E-state index contributed by atoms with van der Waals surface area (Å²) in [6.07, 6.45) is 1.65. The van der Waals surface area contributed by atoms with Gasteiger partial charge in [-0.15, -0.1) is 11.8 Å². The maximum atomic E-state index is 13.3. The highest BCUT2D eigenvalue weighted by atomic mass is 32.2.